The van der Waals surface area contributed by atoms with Crippen molar-refractivity contribution in [2.75, 3.05) is 19.6 Å². The molecule has 0 bridgehead atoms. The molecule has 0 spiro atoms. The minimum atomic E-state index is 0.0395. The maximum atomic E-state index is 11.7. The molecule has 1 aromatic rings. The van der Waals surface area contributed by atoms with Crippen LogP contribution < -0.4 is 5.32 Å². The van der Waals surface area contributed by atoms with Gasteiger partial charge in [-0.15, -0.1) is 11.3 Å². The molecule has 0 unspecified atom stereocenters. The minimum absolute atomic E-state index is 0.0395. The van der Waals surface area contributed by atoms with E-state index >= 15 is 0 Å². The third-order valence-electron chi connectivity index (χ3n) is 2.57. The predicted molar refractivity (Wildman–Crippen MR) is 65.4 cm³/mol. The van der Waals surface area contributed by atoms with Crippen molar-refractivity contribution in [1.29, 1.82) is 0 Å². The highest BCUT2D eigenvalue weighted by Crippen LogP contribution is 2.20. The molecule has 1 saturated heterocycles. The van der Waals surface area contributed by atoms with Crippen LogP contribution in [0, 0.1) is 0 Å². The van der Waals surface area contributed by atoms with Crippen LogP contribution >= 0.6 is 27.3 Å². The van der Waals surface area contributed by atoms with Crippen LogP contribution in [0.25, 0.3) is 0 Å². The molecular formula is C10H13BrN2OS. The van der Waals surface area contributed by atoms with E-state index in [0.29, 0.717) is 6.04 Å². The van der Waals surface area contributed by atoms with Gasteiger partial charge >= 0.3 is 0 Å². The van der Waals surface area contributed by atoms with Crippen LogP contribution in [0.5, 0.6) is 0 Å². The van der Waals surface area contributed by atoms with Crippen molar-refractivity contribution >= 4 is 33.2 Å². The van der Waals surface area contributed by atoms with Crippen LogP contribution in [0.15, 0.2) is 15.2 Å². The first-order valence-corrected chi connectivity index (χ1v) is 6.63. The molecule has 0 radical (unpaired) electrons. The number of nitrogens with one attached hydrogen (secondary N) is 1. The highest BCUT2D eigenvalue weighted by Gasteiger charge is 2.26. The molecule has 0 aliphatic carbocycles. The Kier molecular flexibility index (Phi) is 3.43. The zero-order chi connectivity index (χ0) is 10.8. The van der Waals surface area contributed by atoms with E-state index < -0.39 is 0 Å². The van der Waals surface area contributed by atoms with Gasteiger partial charge in [0.05, 0.1) is 15.4 Å². The van der Waals surface area contributed by atoms with Crippen molar-refractivity contribution in [2.45, 2.75) is 13.0 Å². The Hall–Kier alpha value is -0.390. The first-order chi connectivity index (χ1) is 7.19. The van der Waals surface area contributed by atoms with E-state index in [2.05, 4.69) is 33.1 Å². The first-order valence-electron chi connectivity index (χ1n) is 4.96. The summed E-state index contributed by atoms with van der Waals surface area (Å²) in [5.74, 6) is 0.0395. The largest absolute Gasteiger partial charge is 0.347 e. The fraction of sp³-hybridized carbons (Fsp3) is 0.500. The molecule has 1 fully saturated rings. The summed E-state index contributed by atoms with van der Waals surface area (Å²) in [6, 6.07) is 2.19. The molecule has 15 heavy (non-hydrogen) atoms. The third-order valence-corrected chi connectivity index (χ3v) is 4.07. The molecule has 1 aliphatic heterocycles. The summed E-state index contributed by atoms with van der Waals surface area (Å²) in [6.45, 7) is 5.16. The topological polar surface area (TPSA) is 32.3 Å². The zero-order valence-corrected chi connectivity index (χ0v) is 10.9. The van der Waals surface area contributed by atoms with E-state index in [9.17, 15) is 4.79 Å². The van der Waals surface area contributed by atoms with E-state index in [1.54, 1.807) is 0 Å². The van der Waals surface area contributed by atoms with Gasteiger partial charge < -0.3 is 5.32 Å². The summed E-state index contributed by atoms with van der Waals surface area (Å²) < 4.78 is 0.997. The summed E-state index contributed by atoms with van der Waals surface area (Å²) in [6.07, 6.45) is 0. The lowest BCUT2D eigenvalue weighted by Crippen LogP contribution is -2.58. The third kappa shape index (κ3) is 2.59. The van der Waals surface area contributed by atoms with Gasteiger partial charge in [0.1, 0.15) is 0 Å². The highest BCUT2D eigenvalue weighted by molar-refractivity contribution is 9.11. The fourth-order valence-electron chi connectivity index (χ4n) is 1.62. The number of hydrogen-bond donors (Lipinski definition) is 1. The Morgan fingerprint density at radius 1 is 1.73 bits per heavy atom. The molecule has 2 heterocycles. The van der Waals surface area contributed by atoms with Crippen molar-refractivity contribution in [2.24, 2.45) is 0 Å². The summed E-state index contributed by atoms with van der Waals surface area (Å²) in [4.78, 5) is 14.0. The van der Waals surface area contributed by atoms with Crippen molar-refractivity contribution in [3.8, 4) is 0 Å². The second kappa shape index (κ2) is 4.63. The quantitative estimate of drug-likeness (QED) is 0.922. The standard InChI is InChI=1S/C10H13BrN2OS/c1-2-13-4-8(5-13)12-10(14)7-3-9(11)15-6-7/h3,6,8H,2,4-5H2,1H3,(H,12,14). The summed E-state index contributed by atoms with van der Waals surface area (Å²) in [5.41, 5.74) is 0.752. The molecule has 2 rings (SSSR count). The predicted octanol–water partition coefficient (Wildman–Crippen LogP) is 1.94. The summed E-state index contributed by atoms with van der Waals surface area (Å²) in [5, 5.41) is 4.89. The lowest BCUT2D eigenvalue weighted by Gasteiger charge is -2.38. The van der Waals surface area contributed by atoms with Crippen LogP contribution in [0.4, 0.5) is 0 Å². The number of likely N-dealkylation sites (tertiary alicyclic amines) is 1. The minimum Gasteiger partial charge on any atom is -0.347 e. The van der Waals surface area contributed by atoms with E-state index in [4.69, 9.17) is 0 Å². The van der Waals surface area contributed by atoms with Crippen LogP contribution in [-0.2, 0) is 0 Å². The lowest BCUT2D eigenvalue weighted by atomic mass is 10.1. The first kappa shape index (κ1) is 11.1. The van der Waals surface area contributed by atoms with E-state index in [0.717, 1.165) is 29.0 Å². The normalized spacial score (nSPS) is 17.5. The van der Waals surface area contributed by atoms with Gasteiger partial charge in [-0.05, 0) is 28.5 Å². The number of hydrogen-bond acceptors (Lipinski definition) is 3. The molecule has 1 aromatic heterocycles. The van der Waals surface area contributed by atoms with Crippen LogP contribution in [0.3, 0.4) is 0 Å². The number of carbonyl (C=O) groups excluding carboxylic acids is 1. The van der Waals surface area contributed by atoms with Crippen LogP contribution in [0.2, 0.25) is 0 Å². The Labute approximate surface area is 102 Å². The summed E-state index contributed by atoms with van der Waals surface area (Å²) in [7, 11) is 0. The van der Waals surface area contributed by atoms with Crippen molar-refractivity contribution in [3.63, 3.8) is 0 Å². The van der Waals surface area contributed by atoms with Gasteiger partial charge in [-0.1, -0.05) is 6.92 Å². The molecule has 0 saturated carbocycles. The fourth-order valence-corrected chi connectivity index (χ4v) is 2.75. The average Bonchev–Trinajstić information content (AvgIpc) is 2.57. The monoisotopic (exact) mass is 288 g/mol. The molecule has 82 valence electrons. The Balaban J connectivity index is 1.84. The number of halogens is 1. The molecule has 3 nitrogen and oxygen atoms in total. The summed E-state index contributed by atoms with van der Waals surface area (Å²) >= 11 is 4.88. The highest BCUT2D eigenvalue weighted by atomic mass is 79.9. The van der Waals surface area contributed by atoms with Crippen molar-refractivity contribution in [1.82, 2.24) is 10.2 Å². The van der Waals surface area contributed by atoms with E-state index in [1.807, 2.05) is 11.4 Å². The van der Waals surface area contributed by atoms with Gasteiger partial charge in [-0.2, -0.15) is 0 Å². The zero-order valence-electron chi connectivity index (χ0n) is 8.50. The van der Waals surface area contributed by atoms with Gasteiger partial charge in [0, 0.05) is 18.5 Å². The molecule has 0 aromatic carbocycles. The van der Waals surface area contributed by atoms with Crippen LogP contribution in [0.1, 0.15) is 17.3 Å². The van der Waals surface area contributed by atoms with E-state index in [1.165, 1.54) is 11.3 Å². The average molecular weight is 289 g/mol. The molecule has 1 N–H and O–H groups in total. The molecule has 1 amide bonds. The maximum Gasteiger partial charge on any atom is 0.252 e. The van der Waals surface area contributed by atoms with Gasteiger partial charge in [0.25, 0.3) is 5.91 Å². The molecular weight excluding hydrogens is 276 g/mol. The van der Waals surface area contributed by atoms with Crippen molar-refractivity contribution in [3.05, 3.63) is 20.8 Å². The Bertz CT molecular complexity index is 360. The second-order valence-electron chi connectivity index (χ2n) is 3.66. The van der Waals surface area contributed by atoms with E-state index in [-0.39, 0.29) is 5.91 Å². The maximum absolute atomic E-state index is 11.7. The molecule has 0 atom stereocenters. The number of rotatable bonds is 3. The van der Waals surface area contributed by atoms with Gasteiger partial charge in [-0.25, -0.2) is 0 Å². The van der Waals surface area contributed by atoms with Gasteiger partial charge in [-0.3, -0.25) is 9.69 Å². The van der Waals surface area contributed by atoms with Gasteiger partial charge in [0.15, 0.2) is 0 Å². The van der Waals surface area contributed by atoms with Crippen LogP contribution in [-0.4, -0.2) is 36.5 Å². The van der Waals surface area contributed by atoms with Crippen molar-refractivity contribution < 1.29 is 4.79 Å². The molecule has 5 heteroatoms. The lowest BCUT2D eigenvalue weighted by molar-refractivity contribution is 0.0825. The molecule has 1 aliphatic rings. The smallest absolute Gasteiger partial charge is 0.252 e. The van der Waals surface area contributed by atoms with Gasteiger partial charge in [0.2, 0.25) is 0 Å². The Morgan fingerprint density at radius 3 is 3.00 bits per heavy atom. The SMILES string of the molecule is CCN1CC(NC(=O)c2csc(Br)c2)C1. The number of likely N-dealkylation sites (N-methyl/N-ethyl adjacent to an activating group) is 1. The number of thiophene rings is 1. The number of carbonyl (C=O) groups is 1. The Morgan fingerprint density at radius 2 is 2.47 bits per heavy atom. The number of nitrogens with zero attached hydrogens (tertiary/aromatic N) is 1. The number of amides is 1. The second-order valence-corrected chi connectivity index (χ2v) is 5.95.